The van der Waals surface area contributed by atoms with Crippen molar-refractivity contribution in [3.63, 3.8) is 0 Å². The summed E-state index contributed by atoms with van der Waals surface area (Å²) in [5, 5.41) is 0. The maximum Gasteiger partial charge on any atom is 0.416 e. The average Bonchev–Trinajstić information content (AvgIpc) is 2.53. The van der Waals surface area contributed by atoms with E-state index in [1.807, 2.05) is 0 Å². The third-order valence-corrected chi connectivity index (χ3v) is 3.85. The number of alkyl halides is 3. The standard InChI is InChI=1S/C17H13F4NO/c18-14-7-6-11-4-2-8-22(15(11)10-14)16(23)12-3-1-5-13(9-12)17(19,20)21/h1,3,5-7,9-10H,2,4,8H2. The number of hydrogen-bond acceptors (Lipinski definition) is 1. The summed E-state index contributed by atoms with van der Waals surface area (Å²) in [7, 11) is 0. The minimum Gasteiger partial charge on any atom is -0.308 e. The van der Waals surface area contributed by atoms with Crippen molar-refractivity contribution < 1.29 is 22.4 Å². The Morgan fingerprint density at radius 3 is 2.61 bits per heavy atom. The number of nitrogens with zero attached hydrogens (tertiary/aromatic N) is 1. The third-order valence-electron chi connectivity index (χ3n) is 3.85. The Balaban J connectivity index is 1.98. The third kappa shape index (κ3) is 3.06. The van der Waals surface area contributed by atoms with Crippen molar-refractivity contribution in [2.24, 2.45) is 0 Å². The van der Waals surface area contributed by atoms with Crippen LogP contribution in [0.2, 0.25) is 0 Å². The minimum absolute atomic E-state index is 0.0584. The number of carbonyl (C=O) groups is 1. The molecule has 1 aliphatic rings. The maximum absolute atomic E-state index is 13.5. The van der Waals surface area contributed by atoms with Crippen molar-refractivity contribution in [3.8, 4) is 0 Å². The molecule has 0 atom stereocenters. The zero-order valence-electron chi connectivity index (χ0n) is 12.0. The van der Waals surface area contributed by atoms with E-state index in [1.54, 1.807) is 6.07 Å². The monoisotopic (exact) mass is 323 g/mol. The molecule has 23 heavy (non-hydrogen) atoms. The minimum atomic E-state index is -4.51. The molecule has 1 amide bonds. The molecule has 0 aromatic heterocycles. The van der Waals surface area contributed by atoms with Crippen LogP contribution < -0.4 is 4.90 Å². The first-order valence-electron chi connectivity index (χ1n) is 7.14. The highest BCUT2D eigenvalue weighted by Gasteiger charge is 2.32. The van der Waals surface area contributed by atoms with Gasteiger partial charge >= 0.3 is 6.18 Å². The van der Waals surface area contributed by atoms with Crippen LogP contribution in [0.5, 0.6) is 0 Å². The Labute approximate surface area is 130 Å². The Kier molecular flexibility index (Phi) is 3.83. The first-order valence-corrected chi connectivity index (χ1v) is 7.14. The summed E-state index contributed by atoms with van der Waals surface area (Å²) in [4.78, 5) is 13.9. The molecule has 0 N–H and O–H groups in total. The number of fused-ring (bicyclic) bond motifs is 1. The molecule has 1 aliphatic heterocycles. The van der Waals surface area contributed by atoms with Crippen LogP contribution in [0.25, 0.3) is 0 Å². The van der Waals surface area contributed by atoms with E-state index in [9.17, 15) is 22.4 Å². The van der Waals surface area contributed by atoms with Crippen molar-refractivity contribution >= 4 is 11.6 Å². The highest BCUT2D eigenvalue weighted by Crippen LogP contribution is 2.32. The quantitative estimate of drug-likeness (QED) is 0.711. The van der Waals surface area contributed by atoms with Gasteiger partial charge in [-0.1, -0.05) is 12.1 Å². The number of amides is 1. The first kappa shape index (κ1) is 15.5. The number of aryl methyl sites for hydroxylation is 1. The fourth-order valence-corrected chi connectivity index (χ4v) is 2.74. The predicted octanol–water partition coefficient (Wildman–Crippen LogP) is 4.44. The highest BCUT2D eigenvalue weighted by atomic mass is 19.4. The van der Waals surface area contributed by atoms with E-state index in [-0.39, 0.29) is 5.56 Å². The van der Waals surface area contributed by atoms with E-state index in [1.165, 1.54) is 29.2 Å². The molecular formula is C17H13F4NO. The zero-order chi connectivity index (χ0) is 16.6. The van der Waals surface area contributed by atoms with Gasteiger partial charge in [0.2, 0.25) is 0 Å². The van der Waals surface area contributed by atoms with Gasteiger partial charge in [-0.25, -0.2) is 4.39 Å². The molecule has 2 nitrogen and oxygen atoms in total. The zero-order valence-corrected chi connectivity index (χ0v) is 12.0. The SMILES string of the molecule is O=C(c1cccc(C(F)(F)F)c1)N1CCCc2ccc(F)cc21. The predicted molar refractivity (Wildman–Crippen MR) is 77.8 cm³/mol. The second-order valence-electron chi connectivity index (χ2n) is 5.41. The van der Waals surface area contributed by atoms with Crippen LogP contribution in [0, 0.1) is 5.82 Å². The number of hydrogen-bond donors (Lipinski definition) is 0. The number of rotatable bonds is 1. The fraction of sp³-hybridized carbons (Fsp3) is 0.235. The molecule has 0 saturated heterocycles. The second kappa shape index (κ2) is 5.68. The number of benzene rings is 2. The molecule has 120 valence electrons. The van der Waals surface area contributed by atoms with Gasteiger partial charge in [-0.05, 0) is 48.7 Å². The molecule has 0 fully saturated rings. The molecule has 0 saturated carbocycles. The van der Waals surface area contributed by atoms with Crippen LogP contribution >= 0.6 is 0 Å². The van der Waals surface area contributed by atoms with E-state index >= 15 is 0 Å². The summed E-state index contributed by atoms with van der Waals surface area (Å²) in [6, 6.07) is 8.46. The van der Waals surface area contributed by atoms with Crippen LogP contribution in [0.1, 0.15) is 27.9 Å². The molecule has 2 aromatic carbocycles. The molecule has 2 aromatic rings. The normalized spacial score (nSPS) is 14.5. The fourth-order valence-electron chi connectivity index (χ4n) is 2.74. The average molecular weight is 323 g/mol. The lowest BCUT2D eigenvalue weighted by molar-refractivity contribution is -0.137. The van der Waals surface area contributed by atoms with Crippen LogP contribution in [0.15, 0.2) is 42.5 Å². The Bertz CT molecular complexity index is 754. The summed E-state index contributed by atoms with van der Waals surface area (Å²) in [6.45, 7) is 0.353. The Morgan fingerprint density at radius 1 is 1.09 bits per heavy atom. The van der Waals surface area contributed by atoms with Crippen LogP contribution in [-0.4, -0.2) is 12.5 Å². The lowest BCUT2D eigenvalue weighted by Crippen LogP contribution is -2.35. The molecule has 3 rings (SSSR count). The molecule has 0 unspecified atom stereocenters. The van der Waals surface area contributed by atoms with E-state index in [4.69, 9.17) is 0 Å². The summed E-state index contributed by atoms with van der Waals surface area (Å²) in [5.74, 6) is -1.03. The lowest BCUT2D eigenvalue weighted by Gasteiger charge is -2.29. The Morgan fingerprint density at radius 2 is 1.87 bits per heavy atom. The first-order chi connectivity index (χ1) is 10.9. The van der Waals surface area contributed by atoms with Gasteiger partial charge in [0.05, 0.1) is 11.3 Å². The summed E-state index contributed by atoms with van der Waals surface area (Å²) in [5.41, 5.74) is 0.313. The van der Waals surface area contributed by atoms with Crippen LogP contribution in [0.4, 0.5) is 23.2 Å². The van der Waals surface area contributed by atoms with Crippen LogP contribution in [-0.2, 0) is 12.6 Å². The van der Waals surface area contributed by atoms with Gasteiger partial charge in [0.25, 0.3) is 5.91 Å². The number of carbonyl (C=O) groups excluding carboxylic acids is 1. The number of anilines is 1. The molecule has 6 heteroatoms. The van der Waals surface area contributed by atoms with E-state index in [2.05, 4.69) is 0 Å². The van der Waals surface area contributed by atoms with Gasteiger partial charge in [-0.3, -0.25) is 4.79 Å². The van der Waals surface area contributed by atoms with Crippen molar-refractivity contribution in [1.29, 1.82) is 0 Å². The second-order valence-corrected chi connectivity index (χ2v) is 5.41. The van der Waals surface area contributed by atoms with Gasteiger partial charge in [-0.15, -0.1) is 0 Å². The van der Waals surface area contributed by atoms with Gasteiger partial charge in [-0.2, -0.15) is 13.2 Å². The smallest absolute Gasteiger partial charge is 0.308 e. The maximum atomic E-state index is 13.5. The van der Waals surface area contributed by atoms with Gasteiger partial charge < -0.3 is 4.90 Å². The van der Waals surface area contributed by atoms with Gasteiger partial charge in [0, 0.05) is 12.1 Å². The molecule has 1 heterocycles. The Hall–Kier alpha value is -2.37. The van der Waals surface area contributed by atoms with E-state index < -0.39 is 23.5 Å². The van der Waals surface area contributed by atoms with Crippen molar-refractivity contribution in [3.05, 3.63) is 65.0 Å². The van der Waals surface area contributed by atoms with E-state index in [0.29, 0.717) is 25.1 Å². The van der Waals surface area contributed by atoms with Crippen molar-refractivity contribution in [2.75, 3.05) is 11.4 Å². The van der Waals surface area contributed by atoms with Crippen molar-refractivity contribution in [1.82, 2.24) is 0 Å². The molecular weight excluding hydrogens is 310 g/mol. The summed E-state index contributed by atoms with van der Waals surface area (Å²) in [6.07, 6.45) is -3.12. The molecule has 0 aliphatic carbocycles. The van der Waals surface area contributed by atoms with E-state index in [0.717, 1.165) is 17.7 Å². The lowest BCUT2D eigenvalue weighted by atomic mass is 10.00. The molecule has 0 bridgehead atoms. The molecule has 0 radical (unpaired) electrons. The van der Waals surface area contributed by atoms with Gasteiger partial charge in [0.15, 0.2) is 0 Å². The summed E-state index contributed by atoms with van der Waals surface area (Å²) >= 11 is 0. The van der Waals surface area contributed by atoms with Crippen LogP contribution in [0.3, 0.4) is 0 Å². The number of halogens is 4. The highest BCUT2D eigenvalue weighted by molar-refractivity contribution is 6.06. The largest absolute Gasteiger partial charge is 0.416 e. The topological polar surface area (TPSA) is 20.3 Å². The summed E-state index contributed by atoms with van der Waals surface area (Å²) < 4.78 is 51.8. The molecule has 0 spiro atoms. The van der Waals surface area contributed by atoms with Gasteiger partial charge in [0.1, 0.15) is 5.82 Å². The van der Waals surface area contributed by atoms with Crippen molar-refractivity contribution in [2.45, 2.75) is 19.0 Å².